The molecule has 2 amide bonds. The number of hydrogen-bond acceptors (Lipinski definition) is 16. The smallest absolute Gasteiger partial charge is 0.417 e. The van der Waals surface area contributed by atoms with Crippen LogP contribution in [0.25, 0.3) is 0 Å². The van der Waals surface area contributed by atoms with Crippen LogP contribution in [0.5, 0.6) is 0 Å². The van der Waals surface area contributed by atoms with Gasteiger partial charge in [0.2, 0.25) is 6.79 Å². The van der Waals surface area contributed by atoms with Gasteiger partial charge in [-0.3, -0.25) is 48.6 Å². The van der Waals surface area contributed by atoms with Crippen LogP contribution >= 0.6 is 24.4 Å². The van der Waals surface area contributed by atoms with Crippen molar-refractivity contribution in [2.24, 2.45) is 0 Å². The lowest BCUT2D eigenvalue weighted by Gasteiger charge is -2.44. The van der Waals surface area contributed by atoms with Gasteiger partial charge in [0.05, 0.1) is 84.0 Å². The quantitative estimate of drug-likeness (QED) is 0.0531. The molecule has 0 N–H and O–H groups in total. The van der Waals surface area contributed by atoms with Gasteiger partial charge in [-0.2, -0.15) is 36.9 Å². The molecule has 4 saturated heterocycles. The van der Waals surface area contributed by atoms with Crippen LogP contribution in [0.1, 0.15) is 142 Å². The van der Waals surface area contributed by atoms with Gasteiger partial charge in [-0.05, 0) is 168 Å². The van der Waals surface area contributed by atoms with E-state index in [2.05, 4.69) is 47.3 Å². The van der Waals surface area contributed by atoms with E-state index in [4.69, 9.17) is 43.4 Å². The van der Waals surface area contributed by atoms with Crippen LogP contribution in [0.2, 0.25) is 0 Å². The second-order valence-corrected chi connectivity index (χ2v) is 25.8. The van der Waals surface area contributed by atoms with Crippen LogP contribution in [-0.2, 0) is 50.5 Å². The number of carbonyl (C=O) groups is 4. The van der Waals surface area contributed by atoms with Crippen molar-refractivity contribution in [1.29, 1.82) is 10.5 Å². The van der Waals surface area contributed by atoms with Gasteiger partial charge in [0.1, 0.15) is 11.1 Å². The maximum Gasteiger partial charge on any atom is 0.417 e. The van der Waals surface area contributed by atoms with E-state index in [1.165, 1.54) is 12.1 Å². The number of amides is 2. The molecular formula is C61H80F6N10O8S2. The maximum absolute atomic E-state index is 13.8. The summed E-state index contributed by atoms with van der Waals surface area (Å²) in [5.41, 5.74) is -5.53. The van der Waals surface area contributed by atoms with Gasteiger partial charge in [-0.25, -0.2) is 0 Å². The number of halogens is 6. The van der Waals surface area contributed by atoms with Gasteiger partial charge in [0.15, 0.2) is 10.2 Å². The van der Waals surface area contributed by atoms with Gasteiger partial charge in [0, 0.05) is 88.6 Å². The first-order valence-electron chi connectivity index (χ1n) is 30.0. The van der Waals surface area contributed by atoms with Crippen molar-refractivity contribution in [3.05, 3.63) is 58.7 Å². The zero-order chi connectivity index (χ0) is 63.5. The van der Waals surface area contributed by atoms with Gasteiger partial charge in [-0.15, -0.1) is 0 Å². The largest absolute Gasteiger partial charge is 0.428 e. The third-order valence-electron chi connectivity index (χ3n) is 18.3. The summed E-state index contributed by atoms with van der Waals surface area (Å²) < 4.78 is 106. The molecule has 26 heteroatoms. The number of nitrogens with zero attached hydrogens (tertiary/aromatic N) is 10. The zero-order valence-corrected chi connectivity index (χ0v) is 52.4. The minimum Gasteiger partial charge on any atom is -0.428 e. The minimum atomic E-state index is -4.78. The third-order valence-corrected chi connectivity index (χ3v) is 19.1. The molecule has 2 aliphatic carbocycles. The van der Waals surface area contributed by atoms with E-state index in [-0.39, 0.29) is 82.9 Å². The van der Waals surface area contributed by atoms with E-state index >= 15 is 0 Å². The molecule has 0 unspecified atom stereocenters. The molecule has 0 radical (unpaired) electrons. The number of alkyl halides is 6. The van der Waals surface area contributed by atoms with Crippen LogP contribution in [0.15, 0.2) is 36.4 Å². The van der Waals surface area contributed by atoms with Gasteiger partial charge in [-0.1, -0.05) is 0 Å². The number of anilines is 2. The monoisotopic (exact) mass is 1260 g/mol. The lowest BCUT2D eigenvalue weighted by Crippen LogP contribution is -2.57. The average molecular weight is 1260 g/mol. The Kier molecular flexibility index (Phi) is 21.4. The summed E-state index contributed by atoms with van der Waals surface area (Å²) in [5.74, 6) is -1.77. The summed E-state index contributed by atoms with van der Waals surface area (Å²) in [4.78, 5) is 68.3. The van der Waals surface area contributed by atoms with E-state index in [1.807, 2.05) is 9.80 Å². The summed E-state index contributed by atoms with van der Waals surface area (Å²) >= 11 is 11.5. The summed E-state index contributed by atoms with van der Waals surface area (Å²) in [5, 5.41) is 18.8. The molecule has 4 aliphatic heterocycles. The molecule has 2 aromatic carbocycles. The Labute approximate surface area is 516 Å². The molecule has 6 fully saturated rings. The fourth-order valence-electron chi connectivity index (χ4n) is 13.9. The predicted octanol–water partition coefficient (Wildman–Crippen LogP) is 8.86. The lowest BCUT2D eigenvalue weighted by atomic mass is 9.89. The highest BCUT2D eigenvalue weighted by atomic mass is 32.1. The van der Waals surface area contributed by atoms with Crippen LogP contribution < -0.4 is 9.80 Å². The lowest BCUT2D eigenvalue weighted by molar-refractivity contribution is -0.168. The van der Waals surface area contributed by atoms with Crippen molar-refractivity contribution >= 4 is 69.8 Å². The second-order valence-electron chi connectivity index (χ2n) is 25.0. The molecule has 0 aromatic heterocycles. The van der Waals surface area contributed by atoms with Crippen molar-refractivity contribution in [2.45, 2.75) is 191 Å². The zero-order valence-electron chi connectivity index (χ0n) is 50.8. The van der Waals surface area contributed by atoms with E-state index < -0.39 is 76.2 Å². The van der Waals surface area contributed by atoms with Crippen LogP contribution in [0, 0.1) is 22.7 Å². The highest BCUT2D eigenvalue weighted by Crippen LogP contribution is 2.43. The molecule has 0 spiro atoms. The van der Waals surface area contributed by atoms with Crippen LogP contribution in [-0.4, -0.2) is 195 Å². The van der Waals surface area contributed by atoms with Crippen molar-refractivity contribution in [3.63, 3.8) is 0 Å². The number of thiocarbonyl (C=S) groups is 2. The molecule has 4 atom stereocenters. The summed E-state index contributed by atoms with van der Waals surface area (Å²) in [6.07, 6.45) is -3.63. The van der Waals surface area contributed by atoms with E-state index in [9.17, 15) is 56.0 Å². The molecule has 2 aromatic rings. The van der Waals surface area contributed by atoms with Crippen molar-refractivity contribution in [2.75, 3.05) is 82.2 Å². The minimum absolute atomic E-state index is 0.00476. The molecule has 18 nitrogen and oxygen atoms in total. The number of rotatable bonds is 20. The number of carbonyl (C=O) groups excluding carboxylic acids is 4. The Balaban J connectivity index is 0.667. The number of ether oxygens (including phenoxy) is 4. The van der Waals surface area contributed by atoms with Crippen molar-refractivity contribution in [1.82, 2.24) is 29.4 Å². The average Bonchev–Trinajstić information content (AvgIpc) is 1.65. The Bertz CT molecular complexity index is 2740. The normalized spacial score (nSPS) is 27.0. The molecule has 87 heavy (non-hydrogen) atoms. The fraction of sp³-hybridized carbons (Fsp3) is 0.672. The molecule has 476 valence electrons. The Morgan fingerprint density at radius 1 is 0.563 bits per heavy atom. The van der Waals surface area contributed by atoms with E-state index in [1.54, 1.807) is 39.8 Å². The van der Waals surface area contributed by atoms with Crippen LogP contribution in [0.3, 0.4) is 0 Å². The van der Waals surface area contributed by atoms with E-state index in [0.717, 1.165) is 99.0 Å². The van der Waals surface area contributed by atoms with Crippen molar-refractivity contribution < 1.29 is 64.5 Å². The number of esters is 2. The highest BCUT2D eigenvalue weighted by Gasteiger charge is 2.54. The molecule has 4 heterocycles. The van der Waals surface area contributed by atoms with Gasteiger partial charge >= 0.3 is 24.3 Å². The summed E-state index contributed by atoms with van der Waals surface area (Å²) in [6.45, 7) is 21.6. The number of benzene rings is 2. The van der Waals surface area contributed by atoms with Crippen LogP contribution in [0.4, 0.5) is 37.7 Å². The Morgan fingerprint density at radius 3 is 1.21 bits per heavy atom. The molecule has 6 aliphatic rings. The SMILES string of the molecule is C[C@@H]1CN(CCOC2CCC(N3C(=S)N(c4ccc(C#N)c(C(F)(F)F)c4)C(=O)C3(C)C)CC2)C[C@H](C)N1CCC(=O)OCOC(=O)CCN1[C@H](C)CN(CCOC2CCC(N3C(=S)N(c4ccc(C#N)c(C(F)(F)F)c4)C(=O)C3(C)C)CC2)C[C@@H]1C. The number of hydrogen-bond donors (Lipinski definition) is 0. The molecule has 8 rings (SSSR count). The second kappa shape index (κ2) is 27.7. The predicted molar refractivity (Wildman–Crippen MR) is 319 cm³/mol. The number of piperazine rings is 2. The fourth-order valence-corrected chi connectivity index (χ4v) is 15.0. The third kappa shape index (κ3) is 15.2. The molecular weight excluding hydrogens is 1180 g/mol. The molecule has 0 bridgehead atoms. The van der Waals surface area contributed by atoms with Crippen molar-refractivity contribution in [3.8, 4) is 12.1 Å². The maximum atomic E-state index is 13.8. The van der Waals surface area contributed by atoms with E-state index in [0.29, 0.717) is 52.0 Å². The first kappa shape index (κ1) is 67.4. The molecule has 2 saturated carbocycles. The number of nitriles is 2. The Hall–Kier alpha value is -5.58. The summed E-state index contributed by atoms with van der Waals surface area (Å²) in [6, 6.07) is 9.96. The van der Waals surface area contributed by atoms with Gasteiger partial charge in [0.25, 0.3) is 11.8 Å². The summed E-state index contributed by atoms with van der Waals surface area (Å²) in [7, 11) is 0. The standard InChI is InChI=1S/C61H80F6N10O8S2/c1-38-33-70(25-27-82-48-17-13-44(14-18-48)76-56(86)74(54(80)58(76,5)6)46-11-9-42(31-68)50(29-46)60(62,63)64)34-39(2)72(38)23-21-52(78)84-37-85-53(79)22-24-73-40(3)35-71(36-41(73)4)26-28-83-49-19-15-45(16-20-49)77-57(87)75(55(81)59(77,7)8)47-12-10-43(32-69)51(30-47)61(65,66)67/h9-12,29-30,38-41,44-45,48-49H,13-28,33-37H2,1-8H3/t38-,39+,40-,41+,44?,45?,48?,49?. The first-order valence-corrected chi connectivity index (χ1v) is 30.9. The Morgan fingerprint density at radius 2 is 0.897 bits per heavy atom. The van der Waals surface area contributed by atoms with Gasteiger partial charge < -0.3 is 28.7 Å². The highest BCUT2D eigenvalue weighted by molar-refractivity contribution is 7.80. The topological polar surface area (TPSA) is 179 Å². The first-order chi connectivity index (χ1) is 41.0.